The van der Waals surface area contributed by atoms with Crippen molar-refractivity contribution in [3.05, 3.63) is 60.9 Å². The summed E-state index contributed by atoms with van der Waals surface area (Å²) < 4.78 is 0. The highest BCUT2D eigenvalue weighted by Crippen LogP contribution is 2.29. The number of fused-ring (bicyclic) bond motifs is 2. The summed E-state index contributed by atoms with van der Waals surface area (Å²) in [5.41, 5.74) is 3.95. The van der Waals surface area contributed by atoms with Crippen LogP contribution in [-0.4, -0.2) is 15.0 Å². The van der Waals surface area contributed by atoms with Crippen molar-refractivity contribution in [2.75, 3.05) is 0 Å². The lowest BCUT2D eigenvalue weighted by Crippen LogP contribution is -1.81. The molecule has 2 aromatic heterocycles. The Labute approximate surface area is 110 Å². The molecule has 0 amide bonds. The third-order valence-corrected chi connectivity index (χ3v) is 3.34. The van der Waals surface area contributed by atoms with Gasteiger partial charge in [0.25, 0.3) is 0 Å². The fourth-order valence-corrected chi connectivity index (χ4v) is 2.46. The third kappa shape index (κ3) is 1.59. The Kier molecular flexibility index (Phi) is 2.12. The van der Waals surface area contributed by atoms with Gasteiger partial charge in [0.15, 0.2) is 5.65 Å². The fourth-order valence-electron chi connectivity index (χ4n) is 2.46. The van der Waals surface area contributed by atoms with Crippen molar-refractivity contribution in [1.82, 2.24) is 15.0 Å². The minimum atomic E-state index is 0.824. The van der Waals surface area contributed by atoms with E-state index in [1.165, 1.54) is 16.3 Å². The molecule has 0 unspecified atom stereocenters. The zero-order chi connectivity index (χ0) is 12.7. The average Bonchev–Trinajstić information content (AvgIpc) is 2.90. The predicted octanol–water partition coefficient (Wildman–Crippen LogP) is 3.78. The molecule has 0 atom stereocenters. The van der Waals surface area contributed by atoms with E-state index in [-0.39, 0.29) is 0 Å². The molecule has 0 aliphatic carbocycles. The van der Waals surface area contributed by atoms with Gasteiger partial charge in [0.2, 0.25) is 0 Å². The number of nitrogens with zero attached hydrogens (tertiary/aromatic N) is 2. The van der Waals surface area contributed by atoms with Crippen molar-refractivity contribution in [2.45, 2.75) is 0 Å². The Morgan fingerprint density at radius 3 is 2.63 bits per heavy atom. The molecule has 0 radical (unpaired) electrons. The van der Waals surface area contributed by atoms with E-state index < -0.39 is 0 Å². The topological polar surface area (TPSA) is 41.6 Å². The number of nitrogens with one attached hydrogen (secondary N) is 1. The quantitative estimate of drug-likeness (QED) is 0.554. The standard InChI is InChI=1S/C16H11N3/c1-2-6-12-11(4-1)5-3-7-13(12)14-10-15-16(19-14)18-9-8-17-15/h1-10H,(H,18,19). The first kappa shape index (κ1) is 10.3. The summed E-state index contributed by atoms with van der Waals surface area (Å²) in [6.07, 6.45) is 3.41. The molecule has 0 bridgehead atoms. The van der Waals surface area contributed by atoms with Crippen LogP contribution in [0.1, 0.15) is 0 Å². The van der Waals surface area contributed by atoms with Crippen molar-refractivity contribution in [3.63, 3.8) is 0 Å². The Bertz CT molecular complexity index is 839. The maximum absolute atomic E-state index is 4.31. The zero-order valence-corrected chi connectivity index (χ0v) is 10.2. The lowest BCUT2D eigenvalue weighted by molar-refractivity contribution is 1.26. The minimum absolute atomic E-state index is 0.824. The third-order valence-electron chi connectivity index (χ3n) is 3.34. The van der Waals surface area contributed by atoms with E-state index in [1.54, 1.807) is 12.4 Å². The van der Waals surface area contributed by atoms with Gasteiger partial charge in [-0.2, -0.15) is 0 Å². The second-order valence-corrected chi connectivity index (χ2v) is 4.50. The van der Waals surface area contributed by atoms with Crippen molar-refractivity contribution in [2.24, 2.45) is 0 Å². The van der Waals surface area contributed by atoms with Crippen molar-refractivity contribution < 1.29 is 0 Å². The first-order valence-electron chi connectivity index (χ1n) is 6.20. The van der Waals surface area contributed by atoms with Crippen LogP contribution in [0.2, 0.25) is 0 Å². The molecule has 2 heterocycles. The van der Waals surface area contributed by atoms with Gasteiger partial charge >= 0.3 is 0 Å². The molecule has 90 valence electrons. The van der Waals surface area contributed by atoms with Crippen LogP contribution < -0.4 is 0 Å². The summed E-state index contributed by atoms with van der Waals surface area (Å²) in [7, 11) is 0. The van der Waals surface area contributed by atoms with Crippen LogP contribution in [0.3, 0.4) is 0 Å². The van der Waals surface area contributed by atoms with Crippen LogP contribution in [0.5, 0.6) is 0 Å². The number of benzene rings is 2. The van der Waals surface area contributed by atoms with Gasteiger partial charge in [0, 0.05) is 23.7 Å². The van der Waals surface area contributed by atoms with Crippen LogP contribution in [0.15, 0.2) is 60.9 Å². The van der Waals surface area contributed by atoms with Crippen LogP contribution in [0, 0.1) is 0 Å². The number of hydrogen-bond donors (Lipinski definition) is 1. The normalized spacial score (nSPS) is 11.2. The Morgan fingerprint density at radius 2 is 1.68 bits per heavy atom. The molecule has 0 saturated carbocycles. The lowest BCUT2D eigenvalue weighted by atomic mass is 10.0. The first-order chi connectivity index (χ1) is 9.42. The molecule has 0 spiro atoms. The van der Waals surface area contributed by atoms with Gasteiger partial charge in [-0.25, -0.2) is 4.98 Å². The van der Waals surface area contributed by atoms with Crippen LogP contribution >= 0.6 is 0 Å². The summed E-state index contributed by atoms with van der Waals surface area (Å²) in [6, 6.07) is 16.7. The Morgan fingerprint density at radius 1 is 0.842 bits per heavy atom. The molecule has 3 heteroatoms. The van der Waals surface area contributed by atoms with Gasteiger partial charge in [-0.15, -0.1) is 0 Å². The predicted molar refractivity (Wildman–Crippen MR) is 76.8 cm³/mol. The van der Waals surface area contributed by atoms with Crippen LogP contribution in [0.4, 0.5) is 0 Å². The molecule has 4 aromatic rings. The molecule has 4 rings (SSSR count). The van der Waals surface area contributed by atoms with E-state index in [0.717, 1.165) is 16.9 Å². The monoisotopic (exact) mass is 245 g/mol. The minimum Gasteiger partial charge on any atom is -0.338 e. The maximum Gasteiger partial charge on any atom is 0.156 e. The zero-order valence-electron chi connectivity index (χ0n) is 10.2. The summed E-state index contributed by atoms with van der Waals surface area (Å²) in [5, 5.41) is 2.47. The highest BCUT2D eigenvalue weighted by molar-refractivity contribution is 5.97. The summed E-state index contributed by atoms with van der Waals surface area (Å²) in [5.74, 6) is 0. The number of aromatic nitrogens is 3. The van der Waals surface area contributed by atoms with Crippen molar-refractivity contribution >= 4 is 21.9 Å². The smallest absolute Gasteiger partial charge is 0.156 e. The number of aromatic amines is 1. The first-order valence-corrected chi connectivity index (χ1v) is 6.20. The molecule has 19 heavy (non-hydrogen) atoms. The molecule has 3 nitrogen and oxygen atoms in total. The van der Waals surface area contributed by atoms with Gasteiger partial charge in [-0.3, -0.25) is 4.98 Å². The highest BCUT2D eigenvalue weighted by atomic mass is 14.9. The van der Waals surface area contributed by atoms with Crippen LogP contribution in [-0.2, 0) is 0 Å². The Balaban J connectivity index is 2.03. The average molecular weight is 245 g/mol. The van der Waals surface area contributed by atoms with E-state index >= 15 is 0 Å². The summed E-state index contributed by atoms with van der Waals surface area (Å²) in [4.78, 5) is 11.9. The van der Waals surface area contributed by atoms with Crippen molar-refractivity contribution in [3.8, 4) is 11.3 Å². The fraction of sp³-hybridized carbons (Fsp3) is 0. The molecular weight excluding hydrogens is 234 g/mol. The number of rotatable bonds is 1. The van der Waals surface area contributed by atoms with E-state index in [0.29, 0.717) is 0 Å². The van der Waals surface area contributed by atoms with E-state index in [4.69, 9.17) is 0 Å². The SMILES string of the molecule is c1ccc2c(-c3cc4nccnc4[nH]3)cccc2c1. The van der Waals surface area contributed by atoms with E-state index in [1.807, 2.05) is 6.07 Å². The van der Waals surface area contributed by atoms with Gasteiger partial charge in [0.1, 0.15) is 5.52 Å². The second kappa shape index (κ2) is 3.92. The molecule has 1 N–H and O–H groups in total. The second-order valence-electron chi connectivity index (χ2n) is 4.50. The van der Waals surface area contributed by atoms with Crippen LogP contribution in [0.25, 0.3) is 33.2 Å². The summed E-state index contributed by atoms with van der Waals surface area (Å²) >= 11 is 0. The Hall–Kier alpha value is -2.68. The largest absolute Gasteiger partial charge is 0.338 e. The number of H-pyrrole nitrogens is 1. The number of hydrogen-bond acceptors (Lipinski definition) is 2. The molecule has 2 aromatic carbocycles. The molecule has 0 aliphatic rings. The highest BCUT2D eigenvalue weighted by Gasteiger charge is 2.07. The van der Waals surface area contributed by atoms with Gasteiger partial charge < -0.3 is 4.98 Å². The van der Waals surface area contributed by atoms with Crippen molar-refractivity contribution in [1.29, 1.82) is 0 Å². The maximum atomic E-state index is 4.31. The molecule has 0 saturated heterocycles. The molecular formula is C16H11N3. The molecule has 0 aliphatic heterocycles. The lowest BCUT2D eigenvalue weighted by Gasteiger charge is -2.03. The van der Waals surface area contributed by atoms with Gasteiger partial charge in [0.05, 0.1) is 0 Å². The van der Waals surface area contributed by atoms with E-state index in [9.17, 15) is 0 Å². The van der Waals surface area contributed by atoms with Gasteiger partial charge in [-0.05, 0) is 16.8 Å². The van der Waals surface area contributed by atoms with E-state index in [2.05, 4.69) is 57.4 Å². The molecule has 0 fully saturated rings. The summed E-state index contributed by atoms with van der Waals surface area (Å²) in [6.45, 7) is 0. The van der Waals surface area contributed by atoms with Gasteiger partial charge in [-0.1, -0.05) is 42.5 Å².